The Bertz CT molecular complexity index is 431. The molecule has 0 amide bonds. The van der Waals surface area contributed by atoms with Crippen LogP contribution in [0.5, 0.6) is 0 Å². The molecule has 0 aromatic heterocycles. The van der Waals surface area contributed by atoms with E-state index in [1.807, 2.05) is 13.0 Å². The van der Waals surface area contributed by atoms with Crippen molar-refractivity contribution in [1.29, 1.82) is 0 Å². The van der Waals surface area contributed by atoms with E-state index in [1.54, 1.807) is 6.07 Å². The van der Waals surface area contributed by atoms with Crippen molar-refractivity contribution in [1.82, 2.24) is 5.32 Å². The van der Waals surface area contributed by atoms with Crippen LogP contribution in [-0.2, 0) is 0 Å². The maximum Gasteiger partial charge on any atom is 0.126 e. The minimum Gasteiger partial charge on any atom is -0.374 e. The molecule has 1 aromatic carbocycles. The van der Waals surface area contributed by atoms with Crippen LogP contribution < -0.4 is 10.2 Å². The number of benzene rings is 1. The molecule has 2 unspecified atom stereocenters. The Morgan fingerprint density at radius 1 is 1.25 bits per heavy atom. The Labute approximate surface area is 123 Å². The van der Waals surface area contributed by atoms with Gasteiger partial charge < -0.3 is 10.2 Å². The van der Waals surface area contributed by atoms with E-state index in [0.717, 1.165) is 30.8 Å². The van der Waals surface area contributed by atoms with Crippen molar-refractivity contribution in [2.24, 2.45) is 5.92 Å². The molecular formula is C17H29FN2. The summed E-state index contributed by atoms with van der Waals surface area (Å²) in [5.74, 6) is 0.512. The first-order chi connectivity index (χ1) is 9.40. The first kappa shape index (κ1) is 17.0. The van der Waals surface area contributed by atoms with E-state index in [1.165, 1.54) is 0 Å². The Kier molecular flexibility index (Phi) is 6.47. The lowest BCUT2D eigenvalue weighted by Gasteiger charge is -2.28. The quantitative estimate of drug-likeness (QED) is 0.801. The highest BCUT2D eigenvalue weighted by Gasteiger charge is 2.16. The highest BCUT2D eigenvalue weighted by molar-refractivity contribution is 5.56. The highest BCUT2D eigenvalue weighted by atomic mass is 19.1. The molecule has 1 rings (SSSR count). The summed E-state index contributed by atoms with van der Waals surface area (Å²) in [4.78, 5) is 2.25. The first-order valence-corrected chi connectivity index (χ1v) is 7.65. The Morgan fingerprint density at radius 3 is 2.45 bits per heavy atom. The number of rotatable bonds is 7. The molecule has 0 bridgehead atoms. The van der Waals surface area contributed by atoms with Crippen molar-refractivity contribution in [2.75, 3.05) is 25.0 Å². The van der Waals surface area contributed by atoms with E-state index in [-0.39, 0.29) is 11.9 Å². The van der Waals surface area contributed by atoms with Gasteiger partial charge in [-0.05, 0) is 49.6 Å². The van der Waals surface area contributed by atoms with E-state index < -0.39 is 0 Å². The predicted octanol–water partition coefficient (Wildman–Crippen LogP) is 4.29. The molecule has 0 radical (unpaired) electrons. The van der Waals surface area contributed by atoms with Gasteiger partial charge in [0.05, 0.1) is 0 Å². The van der Waals surface area contributed by atoms with Gasteiger partial charge in [-0.25, -0.2) is 4.39 Å². The van der Waals surface area contributed by atoms with Crippen LogP contribution in [0.4, 0.5) is 10.1 Å². The van der Waals surface area contributed by atoms with Crippen molar-refractivity contribution in [2.45, 2.75) is 47.1 Å². The minimum atomic E-state index is -0.120. The summed E-state index contributed by atoms with van der Waals surface area (Å²) in [7, 11) is 2.10. The molecule has 0 aliphatic heterocycles. The van der Waals surface area contributed by atoms with E-state index in [2.05, 4.69) is 45.0 Å². The number of hydrogen-bond acceptors (Lipinski definition) is 2. The van der Waals surface area contributed by atoms with Gasteiger partial charge in [-0.2, -0.15) is 0 Å². The monoisotopic (exact) mass is 280 g/mol. The second kappa shape index (κ2) is 7.63. The number of anilines is 1. The smallest absolute Gasteiger partial charge is 0.126 e. The lowest BCUT2D eigenvalue weighted by molar-refractivity contribution is 0.550. The van der Waals surface area contributed by atoms with Gasteiger partial charge in [0.2, 0.25) is 0 Å². The molecule has 20 heavy (non-hydrogen) atoms. The first-order valence-electron chi connectivity index (χ1n) is 7.65. The molecule has 2 atom stereocenters. The number of halogens is 1. The molecule has 0 heterocycles. The van der Waals surface area contributed by atoms with Crippen molar-refractivity contribution < 1.29 is 4.39 Å². The van der Waals surface area contributed by atoms with Gasteiger partial charge in [0, 0.05) is 25.3 Å². The summed E-state index contributed by atoms with van der Waals surface area (Å²) in [6.07, 6.45) is 1.16. The summed E-state index contributed by atoms with van der Waals surface area (Å²) in [6.45, 7) is 12.3. The zero-order valence-corrected chi connectivity index (χ0v) is 13.8. The fourth-order valence-electron chi connectivity index (χ4n) is 2.47. The summed E-state index contributed by atoms with van der Waals surface area (Å²) in [5.41, 5.74) is 2.89. The SMILES string of the molecule is CCNC(C)c1cc(F)c(C)cc1N(C)CC(C)CC. The van der Waals surface area contributed by atoms with Crippen molar-refractivity contribution in [3.63, 3.8) is 0 Å². The Balaban J connectivity index is 3.11. The summed E-state index contributed by atoms with van der Waals surface area (Å²) < 4.78 is 13.9. The topological polar surface area (TPSA) is 15.3 Å². The summed E-state index contributed by atoms with van der Waals surface area (Å²) in [5, 5.41) is 3.38. The van der Waals surface area contributed by atoms with Crippen molar-refractivity contribution in [3.8, 4) is 0 Å². The van der Waals surface area contributed by atoms with Crippen LogP contribution in [-0.4, -0.2) is 20.1 Å². The van der Waals surface area contributed by atoms with E-state index in [0.29, 0.717) is 11.5 Å². The minimum absolute atomic E-state index is 0.120. The molecule has 0 saturated heterocycles. The molecule has 3 heteroatoms. The van der Waals surface area contributed by atoms with Crippen molar-refractivity contribution >= 4 is 5.69 Å². The number of nitrogens with zero attached hydrogens (tertiary/aromatic N) is 1. The lowest BCUT2D eigenvalue weighted by atomic mass is 10.0. The molecule has 0 aliphatic carbocycles. The number of aryl methyl sites for hydroxylation is 1. The second-order valence-corrected chi connectivity index (χ2v) is 5.83. The third kappa shape index (κ3) is 4.20. The van der Waals surface area contributed by atoms with Crippen LogP contribution in [0.1, 0.15) is 51.3 Å². The van der Waals surface area contributed by atoms with E-state index in [4.69, 9.17) is 0 Å². The van der Waals surface area contributed by atoms with Crippen LogP contribution in [0, 0.1) is 18.7 Å². The van der Waals surface area contributed by atoms with Gasteiger partial charge in [-0.15, -0.1) is 0 Å². The molecule has 0 saturated carbocycles. The summed E-state index contributed by atoms with van der Waals surface area (Å²) in [6, 6.07) is 3.82. The molecule has 0 spiro atoms. The largest absolute Gasteiger partial charge is 0.374 e. The average Bonchev–Trinajstić information content (AvgIpc) is 2.41. The van der Waals surface area contributed by atoms with Crippen LogP contribution in [0.15, 0.2) is 12.1 Å². The van der Waals surface area contributed by atoms with Gasteiger partial charge in [-0.1, -0.05) is 27.2 Å². The standard InChI is InChI=1S/C17H29FN2/c1-7-12(3)11-20(6)17-9-13(4)16(18)10-15(17)14(5)19-8-2/h9-10,12,14,19H,7-8,11H2,1-6H3. The van der Waals surface area contributed by atoms with Gasteiger partial charge in [0.15, 0.2) is 0 Å². The fraction of sp³-hybridized carbons (Fsp3) is 0.647. The van der Waals surface area contributed by atoms with Gasteiger partial charge in [-0.3, -0.25) is 0 Å². The van der Waals surface area contributed by atoms with Crippen LogP contribution in [0.25, 0.3) is 0 Å². The molecule has 1 aromatic rings. The second-order valence-electron chi connectivity index (χ2n) is 5.83. The maximum absolute atomic E-state index is 13.9. The predicted molar refractivity (Wildman–Crippen MR) is 86.0 cm³/mol. The number of nitrogens with one attached hydrogen (secondary N) is 1. The van der Waals surface area contributed by atoms with Gasteiger partial charge >= 0.3 is 0 Å². The zero-order chi connectivity index (χ0) is 15.3. The van der Waals surface area contributed by atoms with Crippen LogP contribution >= 0.6 is 0 Å². The molecular weight excluding hydrogens is 251 g/mol. The molecule has 0 fully saturated rings. The molecule has 1 N–H and O–H groups in total. The third-order valence-electron chi connectivity index (χ3n) is 3.98. The molecule has 0 aliphatic rings. The van der Waals surface area contributed by atoms with Crippen molar-refractivity contribution in [3.05, 3.63) is 29.1 Å². The highest BCUT2D eigenvalue weighted by Crippen LogP contribution is 2.29. The lowest BCUT2D eigenvalue weighted by Crippen LogP contribution is -2.27. The zero-order valence-electron chi connectivity index (χ0n) is 13.8. The van der Waals surface area contributed by atoms with Crippen LogP contribution in [0.2, 0.25) is 0 Å². The summed E-state index contributed by atoms with van der Waals surface area (Å²) >= 11 is 0. The molecule has 2 nitrogen and oxygen atoms in total. The average molecular weight is 280 g/mol. The van der Waals surface area contributed by atoms with Crippen LogP contribution in [0.3, 0.4) is 0 Å². The third-order valence-corrected chi connectivity index (χ3v) is 3.98. The van der Waals surface area contributed by atoms with E-state index >= 15 is 0 Å². The van der Waals surface area contributed by atoms with E-state index in [9.17, 15) is 4.39 Å². The normalized spacial score (nSPS) is 14.2. The Morgan fingerprint density at radius 2 is 1.90 bits per heavy atom. The number of hydrogen-bond donors (Lipinski definition) is 1. The maximum atomic E-state index is 13.9. The molecule has 114 valence electrons. The van der Waals surface area contributed by atoms with Gasteiger partial charge in [0.1, 0.15) is 5.82 Å². The Hall–Kier alpha value is -1.09. The fourth-order valence-corrected chi connectivity index (χ4v) is 2.47. The van der Waals surface area contributed by atoms with Gasteiger partial charge in [0.25, 0.3) is 0 Å².